The molecule has 3 heterocycles. The Bertz CT molecular complexity index is 984. The van der Waals surface area contributed by atoms with Crippen LogP contribution in [0.2, 0.25) is 0 Å². The number of aromatic nitrogens is 3. The van der Waals surface area contributed by atoms with E-state index in [0.29, 0.717) is 17.5 Å². The SMILES string of the molecule is CN1CCC(Oc2cc(Nc3cccc(F)c3)c3ncc(C4CC4)n3n2)C1. The van der Waals surface area contributed by atoms with Gasteiger partial charge in [0.05, 0.1) is 17.6 Å². The van der Waals surface area contributed by atoms with E-state index in [4.69, 9.17) is 9.84 Å². The molecule has 7 heteroatoms. The third kappa shape index (κ3) is 3.35. The first-order valence-corrected chi connectivity index (χ1v) is 9.42. The summed E-state index contributed by atoms with van der Waals surface area (Å²) in [6.45, 7) is 1.92. The number of likely N-dealkylation sites (tertiary alicyclic amines) is 1. The molecule has 5 rings (SSSR count). The van der Waals surface area contributed by atoms with Gasteiger partial charge in [-0.15, -0.1) is 5.10 Å². The van der Waals surface area contributed by atoms with Gasteiger partial charge in [-0.3, -0.25) is 0 Å². The highest BCUT2D eigenvalue weighted by Gasteiger charge is 2.29. The highest BCUT2D eigenvalue weighted by Crippen LogP contribution is 2.41. The number of hydrogen-bond acceptors (Lipinski definition) is 5. The number of likely N-dealkylation sites (N-methyl/N-ethyl adjacent to an activating group) is 1. The molecule has 140 valence electrons. The Hall–Kier alpha value is -2.67. The third-order valence-corrected chi connectivity index (χ3v) is 5.21. The van der Waals surface area contributed by atoms with Crippen molar-refractivity contribution in [3.63, 3.8) is 0 Å². The summed E-state index contributed by atoms with van der Waals surface area (Å²) < 4.78 is 21.6. The third-order valence-electron chi connectivity index (χ3n) is 5.21. The number of hydrogen-bond donors (Lipinski definition) is 1. The van der Waals surface area contributed by atoms with Crippen molar-refractivity contribution in [1.29, 1.82) is 0 Å². The van der Waals surface area contributed by atoms with Crippen LogP contribution in [0.15, 0.2) is 36.5 Å². The molecule has 1 aliphatic heterocycles. The Morgan fingerprint density at radius 2 is 2.11 bits per heavy atom. The minimum Gasteiger partial charge on any atom is -0.472 e. The molecule has 1 unspecified atom stereocenters. The molecule has 27 heavy (non-hydrogen) atoms. The van der Waals surface area contributed by atoms with Gasteiger partial charge >= 0.3 is 0 Å². The van der Waals surface area contributed by atoms with Crippen molar-refractivity contribution in [2.75, 3.05) is 25.5 Å². The topological polar surface area (TPSA) is 54.7 Å². The molecule has 1 aromatic carbocycles. The molecule has 6 nitrogen and oxygen atoms in total. The van der Waals surface area contributed by atoms with Crippen molar-refractivity contribution in [3.05, 3.63) is 48.0 Å². The van der Waals surface area contributed by atoms with Crippen molar-refractivity contribution in [2.24, 2.45) is 0 Å². The Labute approximate surface area is 157 Å². The van der Waals surface area contributed by atoms with Gasteiger partial charge in [-0.25, -0.2) is 13.9 Å². The van der Waals surface area contributed by atoms with E-state index in [9.17, 15) is 4.39 Å². The van der Waals surface area contributed by atoms with Crippen LogP contribution in [0.5, 0.6) is 5.88 Å². The molecule has 0 radical (unpaired) electrons. The fourth-order valence-electron chi connectivity index (χ4n) is 3.65. The average molecular weight is 367 g/mol. The van der Waals surface area contributed by atoms with Crippen LogP contribution in [0.3, 0.4) is 0 Å². The molecule has 1 saturated carbocycles. The van der Waals surface area contributed by atoms with Gasteiger partial charge in [0.2, 0.25) is 5.88 Å². The highest BCUT2D eigenvalue weighted by atomic mass is 19.1. The highest BCUT2D eigenvalue weighted by molar-refractivity contribution is 5.74. The number of benzene rings is 1. The monoisotopic (exact) mass is 367 g/mol. The molecule has 0 amide bonds. The normalized spacial score (nSPS) is 20.3. The lowest BCUT2D eigenvalue weighted by molar-refractivity contribution is 0.197. The zero-order valence-corrected chi connectivity index (χ0v) is 15.2. The standard InChI is InChI=1S/C20H22FN5O/c1-25-8-7-16(12-25)27-19-10-17(23-15-4-2-3-14(21)9-15)20-22-11-18(13-5-6-13)26(20)24-19/h2-4,9-11,13,16,23H,5-8,12H2,1H3. The fraction of sp³-hybridized carbons (Fsp3) is 0.400. The van der Waals surface area contributed by atoms with Crippen molar-refractivity contribution < 1.29 is 9.13 Å². The Morgan fingerprint density at radius 3 is 2.85 bits per heavy atom. The molecular weight excluding hydrogens is 345 g/mol. The quantitative estimate of drug-likeness (QED) is 0.747. The predicted octanol–water partition coefficient (Wildman–Crippen LogP) is 3.57. The van der Waals surface area contributed by atoms with Crippen molar-refractivity contribution >= 4 is 17.0 Å². The Kier molecular flexibility index (Phi) is 3.97. The summed E-state index contributed by atoms with van der Waals surface area (Å²) in [7, 11) is 2.10. The summed E-state index contributed by atoms with van der Waals surface area (Å²) in [4.78, 5) is 6.82. The first kappa shape index (κ1) is 16.5. The van der Waals surface area contributed by atoms with E-state index in [1.54, 1.807) is 6.07 Å². The molecular formula is C20H22FN5O. The molecule has 1 atom stereocenters. The van der Waals surface area contributed by atoms with Gasteiger partial charge in [0.25, 0.3) is 0 Å². The van der Waals surface area contributed by atoms with Crippen LogP contribution >= 0.6 is 0 Å². The maximum Gasteiger partial charge on any atom is 0.234 e. The number of nitrogens with zero attached hydrogens (tertiary/aromatic N) is 4. The smallest absolute Gasteiger partial charge is 0.234 e. The number of ether oxygens (including phenoxy) is 1. The van der Waals surface area contributed by atoms with Gasteiger partial charge in [-0.1, -0.05) is 6.07 Å². The average Bonchev–Trinajstić information content (AvgIpc) is 3.26. The summed E-state index contributed by atoms with van der Waals surface area (Å²) in [6.07, 6.45) is 5.35. The van der Waals surface area contributed by atoms with E-state index in [1.807, 2.05) is 22.8 Å². The summed E-state index contributed by atoms with van der Waals surface area (Å²) in [6, 6.07) is 8.27. The molecule has 3 aromatic rings. The van der Waals surface area contributed by atoms with E-state index < -0.39 is 0 Å². The molecule has 0 spiro atoms. The molecule has 2 fully saturated rings. The summed E-state index contributed by atoms with van der Waals surface area (Å²) in [5, 5.41) is 7.98. The molecule has 1 saturated heterocycles. The van der Waals surface area contributed by atoms with Gasteiger partial charge in [0.15, 0.2) is 5.65 Å². The predicted molar refractivity (Wildman–Crippen MR) is 101 cm³/mol. The fourth-order valence-corrected chi connectivity index (χ4v) is 3.65. The molecule has 1 N–H and O–H groups in total. The van der Waals surface area contributed by atoms with Gasteiger partial charge in [-0.2, -0.15) is 0 Å². The second-order valence-corrected chi connectivity index (χ2v) is 7.52. The number of nitrogens with one attached hydrogen (secondary N) is 1. The largest absolute Gasteiger partial charge is 0.472 e. The Balaban J connectivity index is 1.53. The van der Waals surface area contributed by atoms with Crippen molar-refractivity contribution in [1.82, 2.24) is 19.5 Å². The summed E-state index contributed by atoms with van der Waals surface area (Å²) >= 11 is 0. The first-order valence-electron chi connectivity index (χ1n) is 9.42. The van der Waals surface area contributed by atoms with E-state index in [2.05, 4.69) is 22.2 Å². The molecule has 1 aliphatic carbocycles. The van der Waals surface area contributed by atoms with Crippen LogP contribution in [0.1, 0.15) is 30.9 Å². The lowest BCUT2D eigenvalue weighted by Crippen LogP contribution is -2.22. The van der Waals surface area contributed by atoms with Gasteiger partial charge in [0, 0.05) is 30.8 Å². The number of imidazole rings is 1. The van der Waals surface area contributed by atoms with Gasteiger partial charge in [-0.05, 0) is 44.5 Å². The number of rotatable bonds is 5. The lowest BCUT2D eigenvalue weighted by Gasteiger charge is -2.15. The summed E-state index contributed by atoms with van der Waals surface area (Å²) in [5.41, 5.74) is 3.29. The van der Waals surface area contributed by atoms with Crippen LogP contribution < -0.4 is 10.1 Å². The zero-order valence-electron chi connectivity index (χ0n) is 15.2. The van der Waals surface area contributed by atoms with E-state index in [-0.39, 0.29) is 11.9 Å². The Morgan fingerprint density at radius 1 is 1.22 bits per heavy atom. The van der Waals surface area contributed by atoms with E-state index in [0.717, 1.165) is 36.5 Å². The van der Waals surface area contributed by atoms with Crippen LogP contribution in [0.4, 0.5) is 15.8 Å². The number of halogens is 1. The van der Waals surface area contributed by atoms with Crippen LogP contribution in [-0.2, 0) is 0 Å². The van der Waals surface area contributed by atoms with Crippen LogP contribution in [0, 0.1) is 5.82 Å². The van der Waals surface area contributed by atoms with Gasteiger partial charge in [0.1, 0.15) is 11.9 Å². The second-order valence-electron chi connectivity index (χ2n) is 7.52. The number of anilines is 2. The minimum atomic E-state index is -0.280. The first-order chi connectivity index (χ1) is 13.2. The van der Waals surface area contributed by atoms with Gasteiger partial charge < -0.3 is 15.0 Å². The zero-order chi connectivity index (χ0) is 18.4. The molecule has 2 aliphatic rings. The van der Waals surface area contributed by atoms with Crippen molar-refractivity contribution in [3.8, 4) is 5.88 Å². The van der Waals surface area contributed by atoms with E-state index in [1.165, 1.54) is 25.0 Å². The minimum absolute atomic E-state index is 0.134. The second kappa shape index (κ2) is 6.49. The number of fused-ring (bicyclic) bond motifs is 1. The molecule has 0 bridgehead atoms. The maximum atomic E-state index is 13.6. The maximum absolute atomic E-state index is 13.6. The van der Waals surface area contributed by atoms with E-state index >= 15 is 0 Å². The molecule has 2 aromatic heterocycles. The lowest BCUT2D eigenvalue weighted by atomic mass is 10.3. The van der Waals surface area contributed by atoms with Crippen LogP contribution in [0.25, 0.3) is 5.65 Å². The summed E-state index contributed by atoms with van der Waals surface area (Å²) in [5.74, 6) is 0.807. The van der Waals surface area contributed by atoms with Crippen LogP contribution in [-0.4, -0.2) is 45.7 Å². The van der Waals surface area contributed by atoms with Crippen molar-refractivity contribution in [2.45, 2.75) is 31.3 Å².